The molecule has 25 heteroatoms. The van der Waals surface area contributed by atoms with E-state index in [2.05, 4.69) is 10.3 Å². The first-order valence-corrected chi connectivity index (χ1v) is 34.5. The second kappa shape index (κ2) is 36.4. The van der Waals surface area contributed by atoms with Crippen molar-refractivity contribution in [2.45, 2.75) is 114 Å². The highest BCUT2D eigenvalue weighted by atomic mass is 33.1. The Hall–Kier alpha value is -6.17. The van der Waals surface area contributed by atoms with Crippen molar-refractivity contribution >= 4 is 57.2 Å². The highest BCUT2D eigenvalue weighted by Gasteiger charge is 2.77. The molecule has 1 aromatic heterocycles. The summed E-state index contributed by atoms with van der Waals surface area (Å²) in [4.78, 5) is 91.1. The number of ether oxygens (including phenoxy) is 13. The Morgan fingerprint density at radius 1 is 0.684 bits per heavy atom. The molecule has 1 aliphatic heterocycles. The molecular formula is C70H90N2O21S2. The van der Waals surface area contributed by atoms with Crippen molar-refractivity contribution < 1.29 is 101 Å². The monoisotopic (exact) mass is 1360 g/mol. The second-order valence-corrected chi connectivity index (χ2v) is 26.7. The molecule has 4 aliphatic rings. The average molecular weight is 1360 g/mol. The highest BCUT2D eigenvalue weighted by Crippen LogP contribution is 2.65. The molecule has 0 radical (unpaired) electrons. The van der Waals surface area contributed by atoms with Crippen LogP contribution in [0.1, 0.15) is 93.1 Å². The van der Waals surface area contributed by atoms with Crippen LogP contribution in [-0.2, 0) is 80.8 Å². The Morgan fingerprint density at radius 2 is 1.20 bits per heavy atom. The van der Waals surface area contributed by atoms with Crippen molar-refractivity contribution in [3.05, 3.63) is 143 Å². The fourth-order valence-corrected chi connectivity index (χ4v) is 14.9. The van der Waals surface area contributed by atoms with E-state index in [0.29, 0.717) is 96.0 Å². The molecule has 23 nitrogen and oxygen atoms in total. The first-order chi connectivity index (χ1) is 45.8. The number of Topliss-reactive ketones (excluding diaryl/α,β-unsaturated/α-hetero) is 1. The summed E-state index contributed by atoms with van der Waals surface area (Å²) in [6, 6.07) is 29.1. The Bertz CT molecular complexity index is 3130. The number of aromatic nitrogens is 1. The van der Waals surface area contributed by atoms with Gasteiger partial charge in [0.25, 0.3) is 5.91 Å². The number of nitrogens with one attached hydrogen (secondary N) is 1. The minimum Gasteiger partial charge on any atom is -0.455 e. The van der Waals surface area contributed by atoms with E-state index in [-0.39, 0.29) is 57.0 Å². The zero-order chi connectivity index (χ0) is 67.9. The quantitative estimate of drug-likeness (QED) is 0.0129. The molecule has 2 bridgehead atoms. The molecule has 8 rings (SSSR count). The Labute approximate surface area is 562 Å². The highest BCUT2D eigenvalue weighted by molar-refractivity contribution is 8.76. The minimum atomic E-state index is -2.29. The van der Waals surface area contributed by atoms with E-state index in [9.17, 15) is 29.4 Å². The number of amides is 1. The third-order valence-electron chi connectivity index (χ3n) is 17.9. The number of hydrogen-bond donors (Lipinski definition) is 3. The van der Waals surface area contributed by atoms with Gasteiger partial charge in [-0.2, -0.15) is 0 Å². The van der Waals surface area contributed by atoms with Gasteiger partial charge in [-0.05, 0) is 77.7 Å². The summed E-state index contributed by atoms with van der Waals surface area (Å²) in [5.41, 5.74) is -5.86. The molecular weight excluding hydrogens is 1270 g/mol. The molecule has 3 aliphatic carbocycles. The van der Waals surface area contributed by atoms with Gasteiger partial charge in [-0.3, -0.25) is 19.2 Å². The number of carbonyl (C=O) groups is 6. The maximum Gasteiger partial charge on any atom is 0.350 e. The van der Waals surface area contributed by atoms with Crippen molar-refractivity contribution in [2.75, 3.05) is 118 Å². The summed E-state index contributed by atoms with van der Waals surface area (Å²) in [5, 5.41) is 30.1. The number of hydrogen-bond acceptors (Lipinski definition) is 24. The number of ketones is 1. The number of carbonyl (C=O) groups excluding carboxylic acids is 6. The van der Waals surface area contributed by atoms with Crippen LogP contribution >= 0.6 is 21.6 Å². The molecule has 3 N–H and O–H groups in total. The van der Waals surface area contributed by atoms with Gasteiger partial charge in [0.1, 0.15) is 40.8 Å². The number of rotatable bonds is 39. The number of esters is 4. The smallest absolute Gasteiger partial charge is 0.350 e. The number of aliphatic hydroxyl groups excluding tert-OH is 1. The zero-order valence-corrected chi connectivity index (χ0v) is 56.5. The van der Waals surface area contributed by atoms with Crippen molar-refractivity contribution in [3.8, 4) is 0 Å². The van der Waals surface area contributed by atoms with Gasteiger partial charge in [0, 0.05) is 48.6 Å². The van der Waals surface area contributed by atoms with Crippen LogP contribution in [-0.4, -0.2) is 211 Å². The van der Waals surface area contributed by atoms with E-state index in [0.717, 1.165) is 10.8 Å². The second-order valence-electron chi connectivity index (χ2n) is 24.3. The number of fused-ring (bicyclic) bond motifs is 5. The van der Waals surface area contributed by atoms with Gasteiger partial charge < -0.3 is 77.1 Å². The molecule has 518 valence electrons. The van der Waals surface area contributed by atoms with Crippen molar-refractivity contribution in [2.24, 2.45) is 22.7 Å². The lowest BCUT2D eigenvalue weighted by Crippen LogP contribution is -2.81. The van der Waals surface area contributed by atoms with E-state index in [1.54, 1.807) is 141 Å². The Morgan fingerprint density at radius 3 is 1.72 bits per heavy atom. The predicted molar refractivity (Wildman–Crippen MR) is 349 cm³/mol. The lowest BCUT2D eigenvalue weighted by Gasteiger charge is -2.67. The molecule has 1 amide bonds. The molecule has 2 saturated carbocycles. The maximum atomic E-state index is 15.6. The first kappa shape index (κ1) is 74.6. The fraction of sp³-hybridized carbons (Fsp3) is 0.557. The van der Waals surface area contributed by atoms with E-state index < -0.39 is 112 Å². The molecule has 11 atom stereocenters. The molecule has 0 spiro atoms. The van der Waals surface area contributed by atoms with Gasteiger partial charge in [0.15, 0.2) is 5.60 Å². The van der Waals surface area contributed by atoms with Gasteiger partial charge in [-0.15, -0.1) is 0 Å². The summed E-state index contributed by atoms with van der Waals surface area (Å²) >= 11 is 0. The molecule has 3 fully saturated rings. The zero-order valence-electron chi connectivity index (χ0n) is 54.9. The normalized spacial score (nSPS) is 24.9. The van der Waals surface area contributed by atoms with Crippen molar-refractivity contribution in [3.63, 3.8) is 0 Å². The maximum absolute atomic E-state index is 15.6. The standard InChI is InChI=1S/C70H90N2O21S2/c1-47-53(45-70(80)63(92-65(78)52-22-14-9-15-23-52)61-68(6,62(76)48(2)58(47)67(70,4)5)54(74)44-55-69(61,46-89-55)93-49(3)73)90-66(79)60(59(50-18-10-7-11-19-50)72-64(77)51-20-12-8-13-21-51)91-57(75)25-27-81-28-29-82-30-31-83-32-33-84-34-35-85-36-37-86-38-39-87-40-41-88-42-43-94-95-56-24-16-17-26-71-56/h7-24,26,48,53-55,59-61,63,74,80H,25,27-46H2,1-6H3,(H,72,77)/t48-,53?,54+,55?,59?,60-,61+,63+,68-,69+,70-/m1/s1. The van der Waals surface area contributed by atoms with Gasteiger partial charge in [0.2, 0.25) is 6.10 Å². The van der Waals surface area contributed by atoms with E-state index in [1.807, 2.05) is 18.2 Å². The molecule has 1 saturated heterocycles. The first-order valence-electron chi connectivity index (χ1n) is 32.2. The van der Waals surface area contributed by atoms with Gasteiger partial charge in [-0.25, -0.2) is 14.6 Å². The van der Waals surface area contributed by atoms with E-state index in [4.69, 9.17) is 61.6 Å². The lowest BCUT2D eigenvalue weighted by molar-refractivity contribution is -0.345. The van der Waals surface area contributed by atoms with Gasteiger partial charge in [-0.1, -0.05) is 104 Å². The average Bonchev–Trinajstić information content (AvgIpc) is 0.671. The summed E-state index contributed by atoms with van der Waals surface area (Å²) in [6.07, 6.45) is -6.60. The van der Waals surface area contributed by atoms with Crippen LogP contribution in [0, 0.1) is 22.7 Å². The SMILES string of the molecule is CC(=O)O[C@@]12COC1C[C@H](O)[C@@]1(C)C(=O)[C@H](C)C3=C(C)C(OC(=O)[C@H](OC(=O)CCOCCOCCOCCOCCOCCOCCOCCOCCSSc4ccccn4)C(NC(=O)c4ccccc4)c4ccccc4)C[C@@](O)([C@@H](OC(=O)c4ccccc4)[C@@H]12)C3(C)C. The minimum absolute atomic E-state index is 0.0993. The number of aliphatic hydroxyl groups is 2. The Kier molecular flexibility index (Phi) is 28.6. The molecule has 4 aromatic rings. The summed E-state index contributed by atoms with van der Waals surface area (Å²) < 4.78 is 76.1. The van der Waals surface area contributed by atoms with Crippen LogP contribution in [0.15, 0.2) is 132 Å². The fourth-order valence-electron chi connectivity index (χ4n) is 13.1. The van der Waals surface area contributed by atoms with E-state index in [1.165, 1.54) is 19.1 Å². The topological polar surface area (TPSA) is 288 Å². The molecule has 3 aromatic carbocycles. The van der Waals surface area contributed by atoms with Crippen LogP contribution in [0.5, 0.6) is 0 Å². The largest absolute Gasteiger partial charge is 0.455 e. The molecule has 2 heterocycles. The van der Waals surface area contributed by atoms with Crippen LogP contribution in [0.4, 0.5) is 0 Å². The Balaban J connectivity index is 0.836. The van der Waals surface area contributed by atoms with Gasteiger partial charge >= 0.3 is 23.9 Å². The van der Waals surface area contributed by atoms with Crippen LogP contribution in [0.2, 0.25) is 0 Å². The van der Waals surface area contributed by atoms with Crippen LogP contribution in [0.3, 0.4) is 0 Å². The van der Waals surface area contributed by atoms with Crippen LogP contribution < -0.4 is 5.32 Å². The van der Waals surface area contributed by atoms with Crippen molar-refractivity contribution in [1.82, 2.24) is 10.3 Å². The summed E-state index contributed by atoms with van der Waals surface area (Å²) in [7, 11) is 3.33. The van der Waals surface area contributed by atoms with Gasteiger partial charge in [0.05, 0.1) is 142 Å². The summed E-state index contributed by atoms with van der Waals surface area (Å²) in [6.45, 7) is 14.9. The third-order valence-corrected chi connectivity index (χ3v) is 20.1. The molecule has 3 unspecified atom stereocenters. The number of nitrogens with zero attached hydrogens (tertiary/aromatic N) is 1. The summed E-state index contributed by atoms with van der Waals surface area (Å²) in [5.74, 6) is -6.41. The third kappa shape index (κ3) is 19.1. The molecule has 95 heavy (non-hydrogen) atoms. The van der Waals surface area contributed by atoms with E-state index >= 15 is 9.59 Å². The number of pyridine rings is 1. The predicted octanol–water partition coefficient (Wildman–Crippen LogP) is 7.35. The number of benzene rings is 3. The lowest BCUT2D eigenvalue weighted by atomic mass is 9.43. The van der Waals surface area contributed by atoms with Crippen molar-refractivity contribution in [1.29, 1.82) is 0 Å². The van der Waals surface area contributed by atoms with Crippen LogP contribution in [0.25, 0.3) is 0 Å².